The van der Waals surface area contributed by atoms with Crippen molar-refractivity contribution in [2.24, 2.45) is 29.2 Å². The normalized spacial score (nSPS) is 28.5. The molecular weight excluding hydrogens is 826 g/mol. The van der Waals surface area contributed by atoms with Gasteiger partial charge in [-0.25, -0.2) is 12.6 Å². The lowest BCUT2D eigenvalue weighted by Gasteiger charge is -2.45. The molecule has 2 amide bonds. The number of hydrogen-bond acceptors (Lipinski definition) is 10. The number of amides is 2. The van der Waals surface area contributed by atoms with E-state index in [0.717, 1.165) is 37.7 Å². The Hall–Kier alpha value is -4.70. The predicted octanol–water partition coefficient (Wildman–Crippen LogP) is 6.25. The van der Waals surface area contributed by atoms with Crippen LogP contribution in [-0.4, -0.2) is 83.2 Å². The number of halogens is 1. The average Bonchev–Trinajstić information content (AvgIpc) is 3.51. The van der Waals surface area contributed by atoms with Crippen molar-refractivity contribution in [2.45, 2.75) is 67.6 Å². The van der Waals surface area contributed by atoms with Gasteiger partial charge in [0.2, 0.25) is 5.88 Å². The van der Waals surface area contributed by atoms with Crippen LogP contribution < -0.4 is 19.1 Å². The van der Waals surface area contributed by atoms with Gasteiger partial charge in [0.1, 0.15) is 21.2 Å². The highest BCUT2D eigenvalue weighted by Gasteiger charge is 2.45. The van der Waals surface area contributed by atoms with Gasteiger partial charge < -0.3 is 19.5 Å². The van der Waals surface area contributed by atoms with Crippen molar-refractivity contribution >= 4 is 48.9 Å². The molecule has 0 radical (unpaired) electrons. The highest BCUT2D eigenvalue weighted by atomic mass is 35.5. The van der Waals surface area contributed by atoms with E-state index in [1.807, 2.05) is 19.1 Å². The molecule has 1 fully saturated rings. The first-order chi connectivity index (χ1) is 28.6. The summed E-state index contributed by atoms with van der Waals surface area (Å²) in [4.78, 5) is 30.5. The van der Waals surface area contributed by atoms with Gasteiger partial charge in [0.25, 0.3) is 11.8 Å². The summed E-state index contributed by atoms with van der Waals surface area (Å²) in [5, 5.41) is 15.3. The Bertz CT molecular complexity index is 2600. The quantitative estimate of drug-likeness (QED) is 0.219. The van der Waals surface area contributed by atoms with Crippen LogP contribution in [0.2, 0.25) is 5.02 Å². The zero-order valence-electron chi connectivity index (χ0n) is 34.0. The number of aliphatic hydroxyl groups is 1. The number of hydrogen-bond donors (Lipinski definition) is 2. The van der Waals surface area contributed by atoms with E-state index in [1.54, 1.807) is 50.4 Å². The minimum atomic E-state index is -4.16. The number of carbonyl (C=O) groups is 2. The van der Waals surface area contributed by atoms with Crippen LogP contribution in [0.1, 0.15) is 70.0 Å². The monoisotopic (exact) mass is 875 g/mol. The fourth-order valence-electron chi connectivity index (χ4n) is 9.37. The third kappa shape index (κ3) is 8.08. The summed E-state index contributed by atoms with van der Waals surface area (Å²) in [7, 11) is -5.30. The Morgan fingerprint density at radius 1 is 1.10 bits per heavy atom. The lowest BCUT2D eigenvalue weighted by atomic mass is 9.68. The van der Waals surface area contributed by atoms with Crippen LogP contribution in [0.3, 0.4) is 0 Å². The van der Waals surface area contributed by atoms with E-state index in [9.17, 15) is 23.1 Å². The second-order valence-corrected chi connectivity index (χ2v) is 21.4. The van der Waals surface area contributed by atoms with E-state index in [0.29, 0.717) is 36.2 Å². The highest BCUT2D eigenvalue weighted by Crippen LogP contribution is 2.47. The van der Waals surface area contributed by atoms with Crippen molar-refractivity contribution in [2.75, 3.05) is 37.5 Å². The first-order valence-electron chi connectivity index (χ1n) is 20.2. The van der Waals surface area contributed by atoms with Gasteiger partial charge >= 0.3 is 0 Å². The molecule has 7 atom stereocenters. The summed E-state index contributed by atoms with van der Waals surface area (Å²) in [6.07, 6.45) is 7.70. The van der Waals surface area contributed by atoms with Gasteiger partial charge in [-0.1, -0.05) is 54.4 Å². The number of anilines is 1. The van der Waals surface area contributed by atoms with E-state index in [-0.39, 0.29) is 33.7 Å². The number of methoxy groups -OCH3 is 1. The number of benzene rings is 3. The van der Waals surface area contributed by atoms with Crippen LogP contribution in [0.15, 0.2) is 88.3 Å². The Morgan fingerprint density at radius 2 is 1.88 bits per heavy atom. The third-order valence-corrected chi connectivity index (χ3v) is 17.1. The largest absolute Gasteiger partial charge is 0.490 e. The van der Waals surface area contributed by atoms with E-state index in [4.69, 9.17) is 21.1 Å². The van der Waals surface area contributed by atoms with Crippen LogP contribution in [-0.2, 0) is 38.6 Å². The third-order valence-electron chi connectivity index (χ3n) is 12.6. The summed E-state index contributed by atoms with van der Waals surface area (Å²) in [5.74, 6) is -2.83. The number of aromatic nitrogens is 2. The second kappa shape index (κ2) is 16.3. The molecule has 4 aliphatic rings. The SMILES string of the molecule is COc1nn(C)cc1C(=O)N[S@@]1(=O)=NC(=O)c2ccc3c(c2)N(C[C@@H]2CC[C@H]2[C@@H](O)/C=C/C(S(=O)(=O)c2ccc(C)cc2)[C@H](C)C1)C[C@@]1(CCCc2cc(Cl)ccc21)CO3. The van der Waals surface area contributed by atoms with Gasteiger partial charge in [0.05, 0.1) is 41.4 Å². The molecule has 8 rings (SSSR count). The lowest BCUT2D eigenvalue weighted by Crippen LogP contribution is -2.49. The van der Waals surface area contributed by atoms with Crippen LogP contribution in [0.5, 0.6) is 11.6 Å². The molecule has 2 aliphatic carbocycles. The first kappa shape index (κ1) is 42.0. The van der Waals surface area contributed by atoms with Gasteiger partial charge in [0.15, 0.2) is 9.84 Å². The van der Waals surface area contributed by atoms with E-state index in [2.05, 4.69) is 25.1 Å². The summed E-state index contributed by atoms with van der Waals surface area (Å²) in [6.45, 7) is 4.93. The molecule has 13 nitrogen and oxygen atoms in total. The van der Waals surface area contributed by atoms with Gasteiger partial charge in [-0.15, -0.1) is 9.46 Å². The maximum absolute atomic E-state index is 15.1. The number of nitrogens with one attached hydrogen (secondary N) is 1. The Kier molecular flexibility index (Phi) is 11.4. The summed E-state index contributed by atoms with van der Waals surface area (Å²) in [5.41, 5.74) is 3.56. The number of nitrogens with zero attached hydrogens (tertiary/aromatic N) is 4. The van der Waals surface area contributed by atoms with Crippen LogP contribution >= 0.6 is 11.6 Å². The topological polar surface area (TPSA) is 169 Å². The molecule has 3 heterocycles. The zero-order valence-corrected chi connectivity index (χ0v) is 36.4. The molecule has 1 spiro atoms. The summed E-state index contributed by atoms with van der Waals surface area (Å²) >= 11 is 6.47. The fourth-order valence-corrected chi connectivity index (χ4v) is 13.4. The van der Waals surface area contributed by atoms with Gasteiger partial charge in [0, 0.05) is 42.3 Å². The summed E-state index contributed by atoms with van der Waals surface area (Å²) in [6, 6.07) is 17.4. The number of sulfone groups is 1. The molecule has 2 N–H and O–H groups in total. The van der Waals surface area contributed by atoms with Crippen molar-refractivity contribution in [3.05, 3.63) is 112 Å². The molecule has 4 aromatic rings. The standard InChI is InChI=1S/C44H50ClN5O8S2/c1-27-7-12-33(13-8-27)60(55,56)40-18-16-38(51)34-14-9-31(34)22-50-25-44(19-5-6-29-20-32(45)11-15-36(29)44)26-58-39-17-10-30(21-37(39)50)41(52)47-59(54,24-28(40)2)48-42(53)35-23-49(3)46-43(35)57-4/h7-8,10-13,15-18,20-21,23,28,31,34,38,40,51H,5-6,9,14,19,22,24-26H2,1-4H3,(H,47,48,52,53,54)/b18-16+/t28-,31+,34-,38+,40?,44+,59+/m1/s1. The molecule has 16 heteroatoms. The minimum Gasteiger partial charge on any atom is -0.490 e. The lowest BCUT2D eigenvalue weighted by molar-refractivity contribution is 0.0456. The molecule has 0 saturated heterocycles. The van der Waals surface area contributed by atoms with E-state index < -0.39 is 60.0 Å². The minimum absolute atomic E-state index is 0.0380. The number of rotatable bonds is 5. The number of carbonyl (C=O) groups excluding carboxylic acids is 2. The molecule has 60 heavy (non-hydrogen) atoms. The highest BCUT2D eigenvalue weighted by molar-refractivity contribution is 7.93. The molecule has 2 bridgehead atoms. The number of aryl methyl sites for hydroxylation is 3. The number of fused-ring (bicyclic) bond motifs is 4. The van der Waals surface area contributed by atoms with Crippen molar-refractivity contribution in [1.82, 2.24) is 14.5 Å². The Morgan fingerprint density at radius 3 is 2.62 bits per heavy atom. The molecule has 1 aromatic heterocycles. The van der Waals surface area contributed by atoms with Gasteiger partial charge in [-0.3, -0.25) is 19.0 Å². The first-order valence-corrected chi connectivity index (χ1v) is 23.9. The van der Waals surface area contributed by atoms with Crippen molar-refractivity contribution in [1.29, 1.82) is 0 Å². The Labute approximate surface area is 356 Å². The van der Waals surface area contributed by atoms with Crippen LogP contribution in [0.4, 0.5) is 5.69 Å². The van der Waals surface area contributed by atoms with Gasteiger partial charge in [-0.05, 0) is 110 Å². The summed E-state index contributed by atoms with van der Waals surface area (Å²) < 4.78 is 64.1. The number of aliphatic hydroxyl groups excluding tert-OH is 1. The zero-order chi connectivity index (χ0) is 42.6. The number of ether oxygens (including phenoxy) is 2. The maximum Gasteiger partial charge on any atom is 0.286 e. The molecule has 1 saturated carbocycles. The average molecular weight is 876 g/mol. The fraction of sp³-hybridized carbons (Fsp3) is 0.432. The van der Waals surface area contributed by atoms with Crippen LogP contribution in [0, 0.1) is 24.7 Å². The van der Waals surface area contributed by atoms with Crippen molar-refractivity contribution in [3.63, 3.8) is 0 Å². The van der Waals surface area contributed by atoms with Gasteiger partial charge in [-0.2, -0.15) is 0 Å². The van der Waals surface area contributed by atoms with Crippen molar-refractivity contribution < 1.29 is 36.8 Å². The molecule has 3 aromatic carbocycles. The Balaban J connectivity index is 1.25. The smallest absolute Gasteiger partial charge is 0.286 e. The molecule has 1 unspecified atom stereocenters. The van der Waals surface area contributed by atoms with Crippen molar-refractivity contribution in [3.8, 4) is 11.6 Å². The second-order valence-electron chi connectivity index (χ2n) is 16.8. The van der Waals surface area contributed by atoms with E-state index in [1.165, 1.54) is 47.3 Å². The molecular formula is C44H50ClN5O8S2. The molecule has 2 aliphatic heterocycles. The van der Waals surface area contributed by atoms with E-state index >= 15 is 4.21 Å². The maximum atomic E-state index is 15.1. The molecule has 318 valence electrons. The predicted molar refractivity (Wildman–Crippen MR) is 230 cm³/mol. The van der Waals surface area contributed by atoms with Crippen LogP contribution in [0.25, 0.3) is 0 Å².